The number of hydrogen-bond donors (Lipinski definition) is 2. The molecule has 1 fully saturated rings. The molecule has 0 atom stereocenters. The van der Waals surface area contributed by atoms with Gasteiger partial charge in [-0.15, -0.1) is 0 Å². The molecule has 114 valence electrons. The lowest BCUT2D eigenvalue weighted by atomic mass is 10.1. The number of carbonyl (C=O) groups is 2. The summed E-state index contributed by atoms with van der Waals surface area (Å²) in [5.74, 6) is 0.267. The molecule has 0 spiro atoms. The van der Waals surface area contributed by atoms with E-state index in [-0.39, 0.29) is 24.3 Å². The average Bonchev–Trinajstić information content (AvgIpc) is 3.31. The van der Waals surface area contributed by atoms with Gasteiger partial charge in [-0.05, 0) is 37.5 Å². The van der Waals surface area contributed by atoms with Gasteiger partial charge in [0.15, 0.2) is 0 Å². The Morgan fingerprint density at radius 2 is 1.95 bits per heavy atom. The molecular weight excluding hydrogens is 268 g/mol. The molecule has 0 aliphatic heterocycles. The molecule has 1 aliphatic rings. The van der Waals surface area contributed by atoms with Crippen LogP contribution < -0.4 is 5.32 Å². The van der Waals surface area contributed by atoms with Crippen LogP contribution >= 0.6 is 0 Å². The molecule has 0 radical (unpaired) electrons. The van der Waals surface area contributed by atoms with E-state index in [2.05, 4.69) is 5.32 Å². The lowest BCUT2D eigenvalue weighted by Gasteiger charge is -2.19. The second-order valence-electron chi connectivity index (χ2n) is 5.33. The van der Waals surface area contributed by atoms with Crippen molar-refractivity contribution in [1.82, 2.24) is 4.90 Å². The SMILES string of the molecule is CCN(CCO)C(=O)Cc1ccc(NC(=O)C2CC2)cc1. The summed E-state index contributed by atoms with van der Waals surface area (Å²) < 4.78 is 0. The Morgan fingerprint density at radius 3 is 2.48 bits per heavy atom. The number of aliphatic hydroxyl groups is 1. The van der Waals surface area contributed by atoms with Crippen LogP contribution in [-0.4, -0.2) is 41.5 Å². The van der Waals surface area contributed by atoms with Gasteiger partial charge in [-0.1, -0.05) is 12.1 Å². The Bertz CT molecular complexity index is 495. The molecule has 1 aliphatic carbocycles. The zero-order valence-corrected chi connectivity index (χ0v) is 12.3. The lowest BCUT2D eigenvalue weighted by molar-refractivity contribution is -0.130. The summed E-state index contributed by atoms with van der Waals surface area (Å²) in [7, 11) is 0. The average molecular weight is 290 g/mol. The summed E-state index contributed by atoms with van der Waals surface area (Å²) in [6.07, 6.45) is 2.27. The smallest absolute Gasteiger partial charge is 0.227 e. The normalized spacial score (nSPS) is 13.8. The van der Waals surface area contributed by atoms with Crippen molar-refractivity contribution in [3.63, 3.8) is 0 Å². The molecule has 0 heterocycles. The van der Waals surface area contributed by atoms with Crippen molar-refractivity contribution in [1.29, 1.82) is 0 Å². The van der Waals surface area contributed by atoms with Crippen molar-refractivity contribution in [3.05, 3.63) is 29.8 Å². The van der Waals surface area contributed by atoms with Gasteiger partial charge in [0, 0.05) is 24.7 Å². The highest BCUT2D eigenvalue weighted by Crippen LogP contribution is 2.30. The van der Waals surface area contributed by atoms with Crippen LogP contribution in [0, 0.1) is 5.92 Å². The van der Waals surface area contributed by atoms with Crippen LogP contribution in [0.15, 0.2) is 24.3 Å². The van der Waals surface area contributed by atoms with Crippen LogP contribution in [0.4, 0.5) is 5.69 Å². The molecule has 5 nitrogen and oxygen atoms in total. The van der Waals surface area contributed by atoms with Crippen molar-refractivity contribution in [2.45, 2.75) is 26.2 Å². The van der Waals surface area contributed by atoms with Gasteiger partial charge in [0.25, 0.3) is 0 Å². The fourth-order valence-corrected chi connectivity index (χ4v) is 2.16. The van der Waals surface area contributed by atoms with Crippen LogP contribution in [0.3, 0.4) is 0 Å². The molecule has 2 amide bonds. The maximum Gasteiger partial charge on any atom is 0.227 e. The van der Waals surface area contributed by atoms with E-state index in [0.29, 0.717) is 19.5 Å². The summed E-state index contributed by atoms with van der Waals surface area (Å²) in [6.45, 7) is 2.83. The highest BCUT2D eigenvalue weighted by Gasteiger charge is 2.29. The van der Waals surface area contributed by atoms with E-state index in [4.69, 9.17) is 5.11 Å². The zero-order chi connectivity index (χ0) is 15.2. The number of aliphatic hydroxyl groups excluding tert-OH is 1. The van der Waals surface area contributed by atoms with Gasteiger partial charge < -0.3 is 15.3 Å². The number of nitrogens with zero attached hydrogens (tertiary/aromatic N) is 1. The van der Waals surface area contributed by atoms with Gasteiger partial charge in [0.05, 0.1) is 13.0 Å². The second kappa shape index (κ2) is 7.22. The molecule has 2 rings (SSSR count). The molecule has 1 saturated carbocycles. The predicted molar refractivity (Wildman–Crippen MR) is 80.8 cm³/mol. The lowest BCUT2D eigenvalue weighted by Crippen LogP contribution is -2.34. The number of anilines is 1. The molecule has 2 N–H and O–H groups in total. The van der Waals surface area contributed by atoms with Crippen LogP contribution in [-0.2, 0) is 16.0 Å². The summed E-state index contributed by atoms with van der Waals surface area (Å²) in [6, 6.07) is 7.36. The minimum absolute atomic E-state index is 0.00122. The third-order valence-corrected chi connectivity index (χ3v) is 3.63. The Morgan fingerprint density at radius 1 is 1.29 bits per heavy atom. The van der Waals surface area contributed by atoms with Crippen molar-refractivity contribution in [3.8, 4) is 0 Å². The van der Waals surface area contributed by atoms with E-state index in [1.54, 1.807) is 4.90 Å². The molecule has 0 unspecified atom stereocenters. The molecule has 1 aromatic rings. The maximum absolute atomic E-state index is 12.0. The number of carbonyl (C=O) groups excluding carboxylic acids is 2. The van der Waals surface area contributed by atoms with Crippen molar-refractivity contribution < 1.29 is 14.7 Å². The monoisotopic (exact) mass is 290 g/mol. The van der Waals surface area contributed by atoms with E-state index in [1.807, 2.05) is 31.2 Å². The van der Waals surface area contributed by atoms with Gasteiger partial charge in [0.2, 0.25) is 11.8 Å². The first kappa shape index (κ1) is 15.5. The van der Waals surface area contributed by atoms with Crippen LogP contribution in [0.25, 0.3) is 0 Å². The Labute approximate surface area is 125 Å². The van der Waals surface area contributed by atoms with Gasteiger partial charge >= 0.3 is 0 Å². The van der Waals surface area contributed by atoms with Crippen LogP contribution in [0.1, 0.15) is 25.3 Å². The van der Waals surface area contributed by atoms with Gasteiger partial charge in [-0.25, -0.2) is 0 Å². The number of amides is 2. The Balaban J connectivity index is 1.89. The number of likely N-dealkylation sites (N-methyl/N-ethyl adjacent to an activating group) is 1. The predicted octanol–water partition coefficient (Wildman–Crippen LogP) is 1.42. The summed E-state index contributed by atoms with van der Waals surface area (Å²) in [5.41, 5.74) is 1.67. The van der Waals surface area contributed by atoms with E-state index < -0.39 is 0 Å². The van der Waals surface area contributed by atoms with Gasteiger partial charge in [-0.2, -0.15) is 0 Å². The summed E-state index contributed by atoms with van der Waals surface area (Å²) >= 11 is 0. The molecule has 21 heavy (non-hydrogen) atoms. The van der Waals surface area contributed by atoms with Gasteiger partial charge in [0.1, 0.15) is 0 Å². The first-order chi connectivity index (χ1) is 10.1. The first-order valence-corrected chi connectivity index (χ1v) is 7.42. The van der Waals surface area contributed by atoms with Crippen molar-refractivity contribution in [2.24, 2.45) is 5.92 Å². The third kappa shape index (κ3) is 4.56. The minimum atomic E-state index is -0.0221. The molecule has 0 saturated heterocycles. The number of rotatable bonds is 7. The molecule has 0 bridgehead atoms. The van der Waals surface area contributed by atoms with Crippen LogP contribution in [0.5, 0.6) is 0 Å². The fraction of sp³-hybridized carbons (Fsp3) is 0.500. The van der Waals surface area contributed by atoms with Gasteiger partial charge in [-0.3, -0.25) is 9.59 Å². The quantitative estimate of drug-likeness (QED) is 0.798. The van der Waals surface area contributed by atoms with Crippen LogP contribution in [0.2, 0.25) is 0 Å². The highest BCUT2D eigenvalue weighted by molar-refractivity contribution is 5.94. The summed E-state index contributed by atoms with van der Waals surface area (Å²) in [5, 5.41) is 11.8. The molecule has 0 aromatic heterocycles. The van der Waals surface area contributed by atoms with E-state index >= 15 is 0 Å². The largest absolute Gasteiger partial charge is 0.395 e. The number of benzene rings is 1. The number of hydrogen-bond acceptors (Lipinski definition) is 3. The standard InChI is InChI=1S/C16H22N2O3/c1-2-18(9-10-19)15(20)11-12-3-7-14(8-4-12)17-16(21)13-5-6-13/h3-4,7-8,13,19H,2,5-6,9-11H2,1H3,(H,17,21). The Hall–Kier alpha value is -1.88. The molecule has 5 heteroatoms. The molecular formula is C16H22N2O3. The highest BCUT2D eigenvalue weighted by atomic mass is 16.3. The minimum Gasteiger partial charge on any atom is -0.395 e. The maximum atomic E-state index is 12.0. The Kier molecular flexibility index (Phi) is 5.33. The zero-order valence-electron chi connectivity index (χ0n) is 12.3. The van der Waals surface area contributed by atoms with E-state index in [9.17, 15) is 9.59 Å². The summed E-state index contributed by atoms with van der Waals surface area (Å²) in [4.78, 5) is 25.3. The fourth-order valence-electron chi connectivity index (χ4n) is 2.16. The first-order valence-electron chi connectivity index (χ1n) is 7.42. The topological polar surface area (TPSA) is 69.6 Å². The van der Waals surface area contributed by atoms with Crippen molar-refractivity contribution >= 4 is 17.5 Å². The third-order valence-electron chi connectivity index (χ3n) is 3.63. The number of nitrogens with one attached hydrogen (secondary N) is 1. The van der Waals surface area contributed by atoms with E-state index in [0.717, 1.165) is 24.1 Å². The van der Waals surface area contributed by atoms with Crippen molar-refractivity contribution in [2.75, 3.05) is 25.0 Å². The second-order valence-corrected chi connectivity index (χ2v) is 5.33. The molecule has 1 aromatic carbocycles. The van der Waals surface area contributed by atoms with E-state index in [1.165, 1.54) is 0 Å².